The lowest BCUT2D eigenvalue weighted by Gasteiger charge is -2.02. The van der Waals surface area contributed by atoms with Gasteiger partial charge in [-0.1, -0.05) is 40.6 Å². The van der Waals surface area contributed by atoms with Crippen molar-refractivity contribution in [2.24, 2.45) is 0 Å². The standard InChI is InChI=1S/C19H13Cl2N3O2S/c1-2-26-12-8-6-11(7-9-12)17-22-19-24(23-17)18(25)16(27-19)10-13-14(20)4-3-5-15(13)21/h3-10H,2H2,1H3/b16-10-. The van der Waals surface area contributed by atoms with E-state index in [0.29, 0.717) is 37.5 Å². The minimum Gasteiger partial charge on any atom is -0.494 e. The average Bonchev–Trinajstić information content (AvgIpc) is 3.19. The van der Waals surface area contributed by atoms with Crippen LogP contribution in [0.1, 0.15) is 12.5 Å². The normalized spacial score (nSPS) is 12.0. The summed E-state index contributed by atoms with van der Waals surface area (Å²) in [7, 11) is 0. The van der Waals surface area contributed by atoms with Crippen molar-refractivity contribution in [3.8, 4) is 17.1 Å². The first-order valence-electron chi connectivity index (χ1n) is 8.15. The van der Waals surface area contributed by atoms with Crippen LogP contribution in [0, 0.1) is 0 Å². The highest BCUT2D eigenvalue weighted by molar-refractivity contribution is 7.15. The molecule has 0 spiro atoms. The summed E-state index contributed by atoms with van der Waals surface area (Å²) in [6, 6.07) is 12.6. The molecule has 0 fully saturated rings. The van der Waals surface area contributed by atoms with Crippen LogP contribution in [0.5, 0.6) is 5.75 Å². The zero-order chi connectivity index (χ0) is 19.0. The van der Waals surface area contributed by atoms with Crippen molar-refractivity contribution in [2.75, 3.05) is 6.61 Å². The van der Waals surface area contributed by atoms with Crippen molar-refractivity contribution in [3.05, 3.63) is 73.0 Å². The molecule has 27 heavy (non-hydrogen) atoms. The molecule has 2 heterocycles. The first-order valence-corrected chi connectivity index (χ1v) is 9.72. The Morgan fingerprint density at radius 2 is 1.85 bits per heavy atom. The molecule has 0 bridgehead atoms. The van der Waals surface area contributed by atoms with Gasteiger partial charge in [-0.25, -0.2) is 0 Å². The topological polar surface area (TPSA) is 56.5 Å². The molecule has 0 radical (unpaired) electrons. The van der Waals surface area contributed by atoms with E-state index in [4.69, 9.17) is 27.9 Å². The van der Waals surface area contributed by atoms with E-state index in [2.05, 4.69) is 10.1 Å². The first-order chi connectivity index (χ1) is 13.1. The number of thiazole rings is 1. The fraction of sp³-hybridized carbons (Fsp3) is 0.105. The van der Waals surface area contributed by atoms with E-state index in [-0.39, 0.29) is 5.56 Å². The maximum atomic E-state index is 12.7. The molecule has 0 atom stereocenters. The molecule has 0 amide bonds. The third-order valence-electron chi connectivity index (χ3n) is 3.88. The Kier molecular flexibility index (Phi) is 4.86. The molecular formula is C19H13Cl2N3O2S. The Hall–Kier alpha value is -2.41. The largest absolute Gasteiger partial charge is 0.494 e. The second-order valence-corrected chi connectivity index (χ2v) is 7.46. The van der Waals surface area contributed by atoms with E-state index < -0.39 is 0 Å². The number of nitrogens with zero attached hydrogens (tertiary/aromatic N) is 3. The number of halogens is 2. The van der Waals surface area contributed by atoms with Gasteiger partial charge in [-0.05, 0) is 49.4 Å². The molecule has 0 aliphatic heterocycles. The third kappa shape index (κ3) is 3.43. The lowest BCUT2D eigenvalue weighted by molar-refractivity contribution is 0.340. The highest BCUT2D eigenvalue weighted by Crippen LogP contribution is 2.25. The molecule has 0 saturated heterocycles. The Labute approximate surface area is 168 Å². The molecule has 2 aromatic heterocycles. The zero-order valence-corrected chi connectivity index (χ0v) is 16.5. The van der Waals surface area contributed by atoms with Gasteiger partial charge in [0.25, 0.3) is 5.56 Å². The fourth-order valence-electron chi connectivity index (χ4n) is 2.60. The minimum absolute atomic E-state index is 0.254. The van der Waals surface area contributed by atoms with Crippen LogP contribution >= 0.6 is 34.5 Å². The lowest BCUT2D eigenvalue weighted by atomic mass is 10.2. The average molecular weight is 418 g/mol. The van der Waals surface area contributed by atoms with E-state index in [0.717, 1.165) is 11.3 Å². The molecule has 0 N–H and O–H groups in total. The summed E-state index contributed by atoms with van der Waals surface area (Å²) in [6.45, 7) is 2.53. The van der Waals surface area contributed by atoms with Gasteiger partial charge in [0.2, 0.25) is 4.96 Å². The summed E-state index contributed by atoms with van der Waals surface area (Å²) in [4.78, 5) is 17.7. The molecule has 4 aromatic rings. The summed E-state index contributed by atoms with van der Waals surface area (Å²) in [5.74, 6) is 1.27. The second-order valence-electron chi connectivity index (χ2n) is 5.64. The maximum absolute atomic E-state index is 12.7. The molecule has 8 heteroatoms. The van der Waals surface area contributed by atoms with Crippen molar-refractivity contribution >= 4 is 45.6 Å². The SMILES string of the molecule is CCOc1ccc(-c2nc3s/c(=C\c4c(Cl)cccc4Cl)c(=O)n3n2)cc1. The van der Waals surface area contributed by atoms with Crippen molar-refractivity contribution in [1.82, 2.24) is 14.6 Å². The fourth-order valence-corrected chi connectivity index (χ4v) is 4.00. The molecule has 4 rings (SSSR count). The summed E-state index contributed by atoms with van der Waals surface area (Å²) in [6.07, 6.45) is 1.67. The maximum Gasteiger partial charge on any atom is 0.291 e. The summed E-state index contributed by atoms with van der Waals surface area (Å²) in [5, 5.41) is 5.31. The number of ether oxygens (including phenoxy) is 1. The van der Waals surface area contributed by atoms with Crippen LogP contribution in [-0.4, -0.2) is 21.2 Å². The molecule has 0 unspecified atom stereocenters. The van der Waals surface area contributed by atoms with Crippen LogP contribution < -0.4 is 14.8 Å². The van der Waals surface area contributed by atoms with Crippen molar-refractivity contribution in [2.45, 2.75) is 6.92 Å². The van der Waals surface area contributed by atoms with Gasteiger partial charge < -0.3 is 4.74 Å². The van der Waals surface area contributed by atoms with E-state index in [1.807, 2.05) is 31.2 Å². The van der Waals surface area contributed by atoms with E-state index in [9.17, 15) is 4.79 Å². The Morgan fingerprint density at radius 1 is 1.15 bits per heavy atom. The van der Waals surface area contributed by atoms with Crippen molar-refractivity contribution in [3.63, 3.8) is 0 Å². The van der Waals surface area contributed by atoms with Crippen LogP contribution in [0.3, 0.4) is 0 Å². The highest BCUT2D eigenvalue weighted by Gasteiger charge is 2.13. The predicted octanol–water partition coefficient (Wildman–Crippen LogP) is 4.07. The number of fused-ring (bicyclic) bond motifs is 1. The van der Waals surface area contributed by atoms with Crippen LogP contribution in [-0.2, 0) is 0 Å². The highest BCUT2D eigenvalue weighted by atomic mass is 35.5. The monoisotopic (exact) mass is 417 g/mol. The molecule has 0 aliphatic rings. The number of hydrogen-bond donors (Lipinski definition) is 0. The number of hydrogen-bond acceptors (Lipinski definition) is 5. The number of aromatic nitrogens is 3. The van der Waals surface area contributed by atoms with Gasteiger partial charge in [0.1, 0.15) is 5.75 Å². The molecular weight excluding hydrogens is 405 g/mol. The second kappa shape index (κ2) is 7.31. The van der Waals surface area contributed by atoms with Gasteiger partial charge in [0, 0.05) is 21.2 Å². The number of benzene rings is 2. The van der Waals surface area contributed by atoms with E-state index >= 15 is 0 Å². The quantitative estimate of drug-likeness (QED) is 0.502. The molecule has 136 valence electrons. The molecule has 0 saturated carbocycles. The summed E-state index contributed by atoms with van der Waals surface area (Å²) >= 11 is 13.6. The van der Waals surface area contributed by atoms with Gasteiger partial charge in [0.15, 0.2) is 5.82 Å². The molecule has 0 aliphatic carbocycles. The van der Waals surface area contributed by atoms with Crippen molar-refractivity contribution in [1.29, 1.82) is 0 Å². The Balaban J connectivity index is 1.76. The van der Waals surface area contributed by atoms with Gasteiger partial charge in [-0.15, -0.1) is 5.10 Å². The number of rotatable bonds is 4. The van der Waals surface area contributed by atoms with Gasteiger partial charge >= 0.3 is 0 Å². The van der Waals surface area contributed by atoms with Crippen LogP contribution in [0.2, 0.25) is 10.0 Å². The Bertz CT molecular complexity index is 1210. The minimum atomic E-state index is -0.254. The lowest BCUT2D eigenvalue weighted by Crippen LogP contribution is -2.23. The van der Waals surface area contributed by atoms with Gasteiger partial charge in [-0.2, -0.15) is 9.50 Å². The van der Waals surface area contributed by atoms with Crippen molar-refractivity contribution < 1.29 is 4.74 Å². The summed E-state index contributed by atoms with van der Waals surface area (Å²) in [5.41, 5.74) is 1.17. The molecule has 2 aromatic carbocycles. The smallest absolute Gasteiger partial charge is 0.291 e. The molecule has 5 nitrogen and oxygen atoms in total. The third-order valence-corrected chi connectivity index (χ3v) is 5.50. The predicted molar refractivity (Wildman–Crippen MR) is 109 cm³/mol. The van der Waals surface area contributed by atoms with Gasteiger partial charge in [-0.3, -0.25) is 4.79 Å². The van der Waals surface area contributed by atoms with E-state index in [1.165, 1.54) is 15.9 Å². The Morgan fingerprint density at radius 3 is 2.48 bits per heavy atom. The van der Waals surface area contributed by atoms with Crippen LogP contribution in [0.4, 0.5) is 0 Å². The first kappa shape index (κ1) is 18.0. The zero-order valence-electron chi connectivity index (χ0n) is 14.1. The van der Waals surface area contributed by atoms with Crippen LogP contribution in [0.25, 0.3) is 22.4 Å². The van der Waals surface area contributed by atoms with E-state index in [1.54, 1.807) is 24.3 Å². The summed E-state index contributed by atoms with van der Waals surface area (Å²) < 4.78 is 7.20. The van der Waals surface area contributed by atoms with Gasteiger partial charge in [0.05, 0.1) is 11.1 Å². The van der Waals surface area contributed by atoms with Crippen LogP contribution in [0.15, 0.2) is 47.3 Å².